The zero-order valence-corrected chi connectivity index (χ0v) is 10.8. The molecule has 1 unspecified atom stereocenters. The number of carbonyl (C=O) groups is 1. The van der Waals surface area contributed by atoms with Gasteiger partial charge in [-0.3, -0.25) is 4.79 Å². The number of carbonyl (C=O) groups excluding carboxylic acids is 1. The molecule has 4 heteroatoms. The summed E-state index contributed by atoms with van der Waals surface area (Å²) >= 11 is 0. The number of esters is 1. The van der Waals surface area contributed by atoms with Crippen LogP contribution in [0.1, 0.15) is 37.0 Å². The van der Waals surface area contributed by atoms with Crippen LogP contribution in [0.2, 0.25) is 0 Å². The van der Waals surface area contributed by atoms with E-state index in [2.05, 4.69) is 9.55 Å². The molecule has 0 saturated heterocycles. The lowest BCUT2D eigenvalue weighted by molar-refractivity contribution is -0.145. The molecule has 0 N–H and O–H groups in total. The largest absolute Gasteiger partial charge is 0.469 e. The van der Waals surface area contributed by atoms with Crippen LogP contribution >= 0.6 is 0 Å². The van der Waals surface area contributed by atoms with Crippen LogP contribution in [0.4, 0.5) is 0 Å². The van der Waals surface area contributed by atoms with Crippen molar-refractivity contribution in [1.29, 1.82) is 0 Å². The van der Waals surface area contributed by atoms with Crippen LogP contribution in [0, 0.1) is 12.8 Å². The molecule has 0 saturated carbocycles. The molecule has 1 aliphatic rings. The van der Waals surface area contributed by atoms with Crippen molar-refractivity contribution in [2.75, 3.05) is 7.11 Å². The van der Waals surface area contributed by atoms with Gasteiger partial charge in [-0.25, -0.2) is 4.98 Å². The first kappa shape index (κ1) is 12.1. The van der Waals surface area contributed by atoms with E-state index in [4.69, 9.17) is 4.74 Å². The Hall–Kier alpha value is -1.32. The summed E-state index contributed by atoms with van der Waals surface area (Å²) in [5, 5.41) is 0. The van der Waals surface area contributed by atoms with Crippen LogP contribution in [0.3, 0.4) is 0 Å². The monoisotopic (exact) mass is 236 g/mol. The molecular weight excluding hydrogens is 216 g/mol. The van der Waals surface area contributed by atoms with Crippen LogP contribution in [0.15, 0.2) is 0 Å². The highest BCUT2D eigenvalue weighted by Crippen LogP contribution is 2.23. The molecule has 0 spiro atoms. The van der Waals surface area contributed by atoms with Gasteiger partial charge in [-0.2, -0.15) is 0 Å². The fourth-order valence-corrected chi connectivity index (χ4v) is 2.53. The number of aryl methyl sites for hydroxylation is 2. The van der Waals surface area contributed by atoms with Gasteiger partial charge < -0.3 is 9.30 Å². The maximum atomic E-state index is 11.5. The van der Waals surface area contributed by atoms with Gasteiger partial charge in [-0.1, -0.05) is 6.92 Å². The molecule has 0 aliphatic heterocycles. The molecule has 0 amide bonds. The molecule has 1 aliphatic carbocycles. The van der Waals surface area contributed by atoms with Crippen molar-refractivity contribution in [1.82, 2.24) is 9.55 Å². The van der Waals surface area contributed by atoms with Gasteiger partial charge in [0.2, 0.25) is 0 Å². The van der Waals surface area contributed by atoms with Crippen LogP contribution < -0.4 is 0 Å². The number of fused-ring (bicyclic) bond motifs is 1. The van der Waals surface area contributed by atoms with Crippen LogP contribution in [-0.4, -0.2) is 22.6 Å². The van der Waals surface area contributed by atoms with Gasteiger partial charge in [0.15, 0.2) is 0 Å². The van der Waals surface area contributed by atoms with E-state index in [0.717, 1.165) is 18.7 Å². The van der Waals surface area contributed by atoms with Gasteiger partial charge in [0.1, 0.15) is 5.82 Å². The topological polar surface area (TPSA) is 44.1 Å². The summed E-state index contributed by atoms with van der Waals surface area (Å²) in [6, 6.07) is 0. The van der Waals surface area contributed by atoms with Crippen LogP contribution in [-0.2, 0) is 28.9 Å². The molecule has 4 nitrogen and oxygen atoms in total. The molecule has 1 aromatic rings. The van der Waals surface area contributed by atoms with E-state index in [1.807, 2.05) is 13.8 Å². The van der Waals surface area contributed by atoms with Gasteiger partial charge in [-0.05, 0) is 32.6 Å². The zero-order chi connectivity index (χ0) is 12.4. The molecule has 0 fully saturated rings. The molecule has 0 bridgehead atoms. The Labute approximate surface area is 102 Å². The van der Waals surface area contributed by atoms with Crippen molar-refractivity contribution >= 4 is 5.97 Å². The predicted molar refractivity (Wildman–Crippen MR) is 64.8 cm³/mol. The van der Waals surface area contributed by atoms with Crippen molar-refractivity contribution in [3.8, 4) is 0 Å². The van der Waals surface area contributed by atoms with Crippen molar-refractivity contribution in [2.24, 2.45) is 5.92 Å². The van der Waals surface area contributed by atoms with Gasteiger partial charge in [0.05, 0.1) is 18.7 Å². The lowest BCUT2D eigenvalue weighted by Gasteiger charge is -2.17. The quantitative estimate of drug-likeness (QED) is 0.753. The summed E-state index contributed by atoms with van der Waals surface area (Å²) in [6.07, 6.45) is 4.63. The number of nitrogens with zero attached hydrogens (tertiary/aromatic N) is 2. The Bertz CT molecular complexity index is 423. The summed E-state index contributed by atoms with van der Waals surface area (Å²) in [5.74, 6) is 0.759. The maximum Gasteiger partial charge on any atom is 0.310 e. The first-order valence-electron chi connectivity index (χ1n) is 6.26. The third kappa shape index (κ3) is 2.35. The molecule has 94 valence electrons. The highest BCUT2D eigenvalue weighted by molar-refractivity contribution is 5.71. The Balaban J connectivity index is 2.20. The van der Waals surface area contributed by atoms with Gasteiger partial charge in [-0.15, -0.1) is 0 Å². The molecule has 1 heterocycles. The highest BCUT2D eigenvalue weighted by atomic mass is 16.5. The first-order valence-corrected chi connectivity index (χ1v) is 6.26. The SMILES string of the molecule is COC(=O)C(C)Cn1c(C)nc2c1CCCC2. The van der Waals surface area contributed by atoms with E-state index in [1.165, 1.54) is 31.3 Å². The number of rotatable bonds is 3. The van der Waals surface area contributed by atoms with Crippen LogP contribution in [0.25, 0.3) is 0 Å². The second-order valence-electron chi connectivity index (χ2n) is 4.79. The Kier molecular flexibility index (Phi) is 3.50. The van der Waals surface area contributed by atoms with Crippen LogP contribution in [0.5, 0.6) is 0 Å². The Morgan fingerprint density at radius 2 is 2.18 bits per heavy atom. The number of aromatic nitrogens is 2. The Morgan fingerprint density at radius 1 is 1.47 bits per heavy atom. The molecule has 1 aromatic heterocycles. The normalized spacial score (nSPS) is 16.4. The number of hydrogen-bond acceptors (Lipinski definition) is 3. The summed E-state index contributed by atoms with van der Waals surface area (Å²) in [4.78, 5) is 16.1. The summed E-state index contributed by atoms with van der Waals surface area (Å²) in [7, 11) is 1.44. The minimum Gasteiger partial charge on any atom is -0.469 e. The molecule has 1 atom stereocenters. The maximum absolute atomic E-state index is 11.5. The zero-order valence-electron chi connectivity index (χ0n) is 10.8. The van der Waals surface area contributed by atoms with E-state index in [0.29, 0.717) is 6.54 Å². The first-order chi connectivity index (χ1) is 8.13. The second kappa shape index (κ2) is 4.90. The highest BCUT2D eigenvalue weighted by Gasteiger charge is 2.21. The molecular formula is C13H20N2O2. The summed E-state index contributed by atoms with van der Waals surface area (Å²) < 4.78 is 6.96. The average Bonchev–Trinajstić information content (AvgIpc) is 2.65. The van der Waals surface area contributed by atoms with Crippen molar-refractivity contribution < 1.29 is 9.53 Å². The summed E-state index contributed by atoms with van der Waals surface area (Å²) in [6.45, 7) is 4.60. The number of hydrogen-bond donors (Lipinski definition) is 0. The third-order valence-electron chi connectivity index (χ3n) is 3.48. The lowest BCUT2D eigenvalue weighted by atomic mass is 10.0. The molecule has 0 radical (unpaired) electrons. The van der Waals surface area contributed by atoms with Crippen molar-refractivity contribution in [3.05, 3.63) is 17.2 Å². The number of imidazole rings is 1. The second-order valence-corrected chi connectivity index (χ2v) is 4.79. The van der Waals surface area contributed by atoms with Gasteiger partial charge >= 0.3 is 5.97 Å². The molecule has 2 rings (SSSR count). The van der Waals surface area contributed by atoms with Crippen molar-refractivity contribution in [3.63, 3.8) is 0 Å². The standard InChI is InChI=1S/C13H20N2O2/c1-9(13(16)17-3)8-15-10(2)14-11-6-4-5-7-12(11)15/h9H,4-8H2,1-3H3. The Morgan fingerprint density at radius 3 is 2.88 bits per heavy atom. The average molecular weight is 236 g/mol. The smallest absolute Gasteiger partial charge is 0.310 e. The van der Waals surface area contributed by atoms with E-state index < -0.39 is 0 Å². The summed E-state index contributed by atoms with van der Waals surface area (Å²) in [5.41, 5.74) is 2.55. The number of ether oxygens (including phenoxy) is 1. The lowest BCUT2D eigenvalue weighted by Crippen LogP contribution is -2.21. The molecule has 0 aromatic carbocycles. The fraction of sp³-hybridized carbons (Fsp3) is 0.692. The third-order valence-corrected chi connectivity index (χ3v) is 3.48. The van der Waals surface area contributed by atoms with E-state index in [1.54, 1.807) is 0 Å². The van der Waals surface area contributed by atoms with Crippen molar-refractivity contribution in [2.45, 2.75) is 46.1 Å². The molecule has 17 heavy (non-hydrogen) atoms. The van der Waals surface area contributed by atoms with E-state index in [9.17, 15) is 4.79 Å². The minimum atomic E-state index is -0.150. The minimum absolute atomic E-state index is 0.112. The van der Waals surface area contributed by atoms with E-state index >= 15 is 0 Å². The fourth-order valence-electron chi connectivity index (χ4n) is 2.53. The van der Waals surface area contributed by atoms with Gasteiger partial charge in [0.25, 0.3) is 0 Å². The predicted octanol–water partition coefficient (Wildman–Crippen LogP) is 1.88. The van der Waals surface area contributed by atoms with Gasteiger partial charge in [0, 0.05) is 12.2 Å². The van der Waals surface area contributed by atoms with E-state index in [-0.39, 0.29) is 11.9 Å². The number of methoxy groups -OCH3 is 1.